The minimum absolute atomic E-state index is 0.0978. The zero-order chi connectivity index (χ0) is 19.5. The van der Waals surface area contributed by atoms with Crippen molar-refractivity contribution in [3.8, 4) is 0 Å². The van der Waals surface area contributed by atoms with Crippen LogP contribution in [0.1, 0.15) is 30.1 Å². The Morgan fingerprint density at radius 1 is 1.14 bits per heavy atom. The van der Waals surface area contributed by atoms with Crippen LogP contribution in [0.4, 0.5) is 5.69 Å². The van der Waals surface area contributed by atoms with Gasteiger partial charge in [-0.25, -0.2) is 9.36 Å². The van der Waals surface area contributed by atoms with E-state index in [9.17, 15) is 4.79 Å². The van der Waals surface area contributed by atoms with Gasteiger partial charge in [-0.05, 0) is 66.7 Å². The molecule has 150 valence electrons. The molecule has 28 heavy (non-hydrogen) atoms. The van der Waals surface area contributed by atoms with E-state index in [-0.39, 0.29) is 11.9 Å². The lowest BCUT2D eigenvalue weighted by molar-refractivity contribution is 0.0930. The quantitative estimate of drug-likeness (QED) is 0.540. The summed E-state index contributed by atoms with van der Waals surface area (Å²) in [5, 5.41) is 8.45. The number of nitrogens with zero attached hydrogens (tertiary/aromatic N) is 6. The highest BCUT2D eigenvalue weighted by atomic mass is 32.1. The predicted molar refractivity (Wildman–Crippen MR) is 108 cm³/mol. The van der Waals surface area contributed by atoms with E-state index in [0.717, 1.165) is 56.9 Å². The average molecular weight is 403 g/mol. The van der Waals surface area contributed by atoms with Gasteiger partial charge in [0, 0.05) is 44.0 Å². The maximum Gasteiger partial charge on any atom is 0.217 e. The lowest BCUT2D eigenvalue weighted by atomic mass is 10.1. The van der Waals surface area contributed by atoms with Gasteiger partial charge in [0.2, 0.25) is 4.77 Å². The molecule has 2 aliphatic heterocycles. The highest BCUT2D eigenvalue weighted by Crippen LogP contribution is 2.18. The fraction of sp³-hybridized carbons (Fsp3) is 0.579. The smallest absolute Gasteiger partial charge is 0.217 e. The number of ketones is 1. The van der Waals surface area contributed by atoms with E-state index in [0.29, 0.717) is 18.0 Å². The Morgan fingerprint density at radius 3 is 2.50 bits per heavy atom. The van der Waals surface area contributed by atoms with Crippen LogP contribution in [0.3, 0.4) is 0 Å². The summed E-state index contributed by atoms with van der Waals surface area (Å²) < 4.78 is 9.89. The molecule has 0 unspecified atom stereocenters. The predicted octanol–water partition coefficient (Wildman–Crippen LogP) is 1.97. The molecular weight excluding hydrogens is 376 g/mol. The summed E-state index contributed by atoms with van der Waals surface area (Å²) in [7, 11) is 0. The summed E-state index contributed by atoms with van der Waals surface area (Å²) in [6.07, 6.45) is 2.37. The first-order valence-corrected chi connectivity index (χ1v) is 10.2. The molecule has 4 rings (SSSR count). The molecule has 2 saturated heterocycles. The number of aromatic nitrogens is 4. The number of benzene rings is 1. The van der Waals surface area contributed by atoms with Gasteiger partial charge in [0.25, 0.3) is 0 Å². The number of ether oxygens (including phenoxy) is 1. The van der Waals surface area contributed by atoms with E-state index in [2.05, 4.69) is 20.2 Å². The summed E-state index contributed by atoms with van der Waals surface area (Å²) in [4.78, 5) is 16.1. The van der Waals surface area contributed by atoms with E-state index in [1.807, 2.05) is 24.3 Å². The number of hydrogen-bond acceptors (Lipinski definition) is 7. The van der Waals surface area contributed by atoms with Crippen LogP contribution in [0.25, 0.3) is 0 Å². The Kier molecular flexibility index (Phi) is 5.84. The molecule has 3 heterocycles. The van der Waals surface area contributed by atoms with E-state index in [1.54, 1.807) is 16.3 Å². The second-order valence-electron chi connectivity index (χ2n) is 7.43. The Labute approximate surface area is 169 Å². The molecule has 0 spiro atoms. The SMILES string of the molecule is CC(=O)c1ccc(N2CCN(Cn3nnn(C[C@H]4CCCO4)c3=S)CC2)cc1. The highest BCUT2D eigenvalue weighted by Gasteiger charge is 2.20. The number of hydrogen-bond donors (Lipinski definition) is 0. The fourth-order valence-corrected chi connectivity index (χ4v) is 3.94. The first-order valence-electron chi connectivity index (χ1n) is 9.80. The van der Waals surface area contributed by atoms with Crippen LogP contribution in [-0.4, -0.2) is 69.4 Å². The van der Waals surface area contributed by atoms with Gasteiger partial charge in [-0.1, -0.05) is 0 Å². The fourth-order valence-electron chi connectivity index (χ4n) is 3.73. The summed E-state index contributed by atoms with van der Waals surface area (Å²) in [5.74, 6) is 0.0978. The maximum absolute atomic E-state index is 11.4. The van der Waals surface area contributed by atoms with E-state index >= 15 is 0 Å². The molecular formula is C19H26N6O2S. The number of Topliss-reactive ketones (excluding diaryl/α,β-unsaturated/α-hetero) is 1. The third-order valence-electron chi connectivity index (χ3n) is 5.44. The Bertz CT molecular complexity index is 863. The van der Waals surface area contributed by atoms with Crippen LogP contribution in [0, 0.1) is 4.77 Å². The lowest BCUT2D eigenvalue weighted by Crippen LogP contribution is -2.47. The molecule has 2 aromatic rings. The molecule has 0 bridgehead atoms. The van der Waals surface area contributed by atoms with Crippen LogP contribution in [0.15, 0.2) is 24.3 Å². The van der Waals surface area contributed by atoms with E-state index < -0.39 is 0 Å². The summed E-state index contributed by atoms with van der Waals surface area (Å²) in [6, 6.07) is 7.85. The number of carbonyl (C=O) groups is 1. The molecule has 0 aliphatic carbocycles. The molecule has 1 aromatic heterocycles. The summed E-state index contributed by atoms with van der Waals surface area (Å²) >= 11 is 5.54. The van der Waals surface area contributed by atoms with Gasteiger partial charge in [-0.15, -0.1) is 0 Å². The van der Waals surface area contributed by atoms with Gasteiger partial charge in [0.15, 0.2) is 5.78 Å². The topological polar surface area (TPSA) is 68.4 Å². The standard InChI is InChI=1S/C19H26N6O2S/c1-15(26)16-4-6-17(7-5-16)23-10-8-22(9-11-23)14-25-19(28)24(20-21-25)13-18-3-2-12-27-18/h4-7,18H,2-3,8-14H2,1H3/t18-/m1/s1. The summed E-state index contributed by atoms with van der Waals surface area (Å²) in [6.45, 7) is 7.46. The molecule has 9 heteroatoms. The molecule has 0 amide bonds. The van der Waals surface area contributed by atoms with Gasteiger partial charge < -0.3 is 9.64 Å². The monoisotopic (exact) mass is 402 g/mol. The van der Waals surface area contributed by atoms with Crippen molar-refractivity contribution in [3.05, 3.63) is 34.6 Å². The normalized spacial score (nSPS) is 20.6. The number of anilines is 1. The molecule has 0 radical (unpaired) electrons. The first kappa shape index (κ1) is 19.2. The number of carbonyl (C=O) groups excluding carboxylic acids is 1. The van der Waals surface area contributed by atoms with Crippen molar-refractivity contribution in [1.82, 2.24) is 24.7 Å². The minimum atomic E-state index is 0.0978. The molecule has 1 atom stereocenters. The van der Waals surface area contributed by atoms with Crippen LogP contribution in [-0.2, 0) is 18.0 Å². The Morgan fingerprint density at radius 2 is 1.86 bits per heavy atom. The second-order valence-corrected chi connectivity index (χ2v) is 7.79. The van der Waals surface area contributed by atoms with Crippen LogP contribution in [0.2, 0.25) is 0 Å². The molecule has 2 fully saturated rings. The first-order chi connectivity index (χ1) is 13.6. The van der Waals surface area contributed by atoms with Gasteiger partial charge in [-0.3, -0.25) is 9.69 Å². The zero-order valence-corrected chi connectivity index (χ0v) is 17.0. The van der Waals surface area contributed by atoms with Crippen molar-refractivity contribution in [3.63, 3.8) is 0 Å². The third kappa shape index (κ3) is 4.31. The maximum atomic E-state index is 11.4. The number of rotatable bonds is 6. The van der Waals surface area contributed by atoms with Gasteiger partial charge >= 0.3 is 0 Å². The van der Waals surface area contributed by atoms with Crippen LogP contribution < -0.4 is 4.90 Å². The molecule has 0 saturated carbocycles. The van der Waals surface area contributed by atoms with E-state index in [1.165, 1.54) is 0 Å². The Hall–Kier alpha value is -2.10. The molecule has 2 aliphatic rings. The van der Waals surface area contributed by atoms with E-state index in [4.69, 9.17) is 17.0 Å². The van der Waals surface area contributed by atoms with Gasteiger partial charge in [0.05, 0.1) is 19.3 Å². The van der Waals surface area contributed by atoms with Crippen molar-refractivity contribution < 1.29 is 9.53 Å². The minimum Gasteiger partial charge on any atom is -0.376 e. The summed E-state index contributed by atoms with van der Waals surface area (Å²) in [5.41, 5.74) is 1.91. The van der Waals surface area contributed by atoms with Crippen LogP contribution in [0.5, 0.6) is 0 Å². The highest BCUT2D eigenvalue weighted by molar-refractivity contribution is 7.71. The van der Waals surface area contributed by atoms with Crippen molar-refractivity contribution in [2.75, 3.05) is 37.7 Å². The molecule has 1 aromatic carbocycles. The average Bonchev–Trinajstić information content (AvgIpc) is 3.34. The van der Waals surface area contributed by atoms with Gasteiger partial charge in [0.1, 0.15) is 0 Å². The lowest BCUT2D eigenvalue weighted by Gasteiger charge is -2.35. The van der Waals surface area contributed by atoms with Crippen molar-refractivity contribution in [2.45, 2.75) is 39.1 Å². The third-order valence-corrected chi connectivity index (χ3v) is 5.86. The second kappa shape index (κ2) is 8.50. The van der Waals surface area contributed by atoms with Gasteiger partial charge in [-0.2, -0.15) is 0 Å². The van der Waals surface area contributed by atoms with Crippen molar-refractivity contribution >= 4 is 23.7 Å². The Balaban J connectivity index is 1.31. The number of tetrazole rings is 1. The number of piperazine rings is 1. The molecule has 8 nitrogen and oxygen atoms in total. The largest absolute Gasteiger partial charge is 0.376 e. The van der Waals surface area contributed by atoms with Crippen molar-refractivity contribution in [2.24, 2.45) is 0 Å². The zero-order valence-electron chi connectivity index (χ0n) is 16.2. The van der Waals surface area contributed by atoms with Crippen molar-refractivity contribution in [1.29, 1.82) is 0 Å². The van der Waals surface area contributed by atoms with Crippen LogP contribution >= 0.6 is 12.2 Å². The molecule has 0 N–H and O–H groups in total.